The largest absolute Gasteiger partial charge is 0.494 e. The maximum Gasteiger partial charge on any atom is 0.119 e. The molecule has 0 spiro atoms. The number of rotatable bonds is 12. The van der Waals surface area contributed by atoms with Gasteiger partial charge < -0.3 is 19.4 Å². The molecule has 0 atom stereocenters. The summed E-state index contributed by atoms with van der Waals surface area (Å²) in [4.78, 5) is 17.3. The van der Waals surface area contributed by atoms with Crippen LogP contribution in [0.4, 0.5) is 0 Å². The van der Waals surface area contributed by atoms with Gasteiger partial charge in [0.05, 0.1) is 35.6 Å². The van der Waals surface area contributed by atoms with Crippen LogP contribution in [-0.4, -0.2) is 33.1 Å². The van der Waals surface area contributed by atoms with Gasteiger partial charge in [0, 0.05) is 11.4 Å². The van der Waals surface area contributed by atoms with Crippen LogP contribution in [0.3, 0.4) is 0 Å². The lowest BCUT2D eigenvalue weighted by Crippen LogP contribution is -1.96. The number of para-hydroxylation sites is 2. The van der Waals surface area contributed by atoms with E-state index in [1.54, 1.807) is 0 Å². The fourth-order valence-electron chi connectivity index (χ4n) is 4.91. The number of nitrogens with one attached hydrogen (secondary N) is 2. The number of unbranched alkanes of at least 4 members (excludes halogenated alkanes) is 2. The first-order valence-corrected chi connectivity index (χ1v) is 14.8. The van der Waals surface area contributed by atoms with Crippen molar-refractivity contribution in [3.63, 3.8) is 0 Å². The zero-order valence-corrected chi connectivity index (χ0v) is 24.2. The van der Waals surface area contributed by atoms with Crippen LogP contribution in [0.25, 0.3) is 56.3 Å². The standard InChI is InChI=1S/C36H36N4O2/c1-3-5-23-41-27-15-11-25(12-16-27)29-19-21-33(37-29)35-36(40-32-10-8-7-9-31(32)39-35)34-22-20-30(38-34)26-13-17-28(18-14-26)42-24-6-4-2/h7-22,37-38H,3-6,23-24H2,1-2H3. The highest BCUT2D eigenvalue weighted by Gasteiger charge is 2.17. The van der Waals surface area contributed by atoms with Gasteiger partial charge in [0.15, 0.2) is 0 Å². The lowest BCUT2D eigenvalue weighted by molar-refractivity contribution is 0.309. The lowest BCUT2D eigenvalue weighted by Gasteiger charge is -2.09. The highest BCUT2D eigenvalue weighted by atomic mass is 16.5. The first kappa shape index (κ1) is 27.3. The molecule has 3 aromatic heterocycles. The molecule has 0 radical (unpaired) electrons. The Hall–Kier alpha value is -4.84. The van der Waals surface area contributed by atoms with Gasteiger partial charge in [0.1, 0.15) is 22.9 Å². The van der Waals surface area contributed by atoms with E-state index in [9.17, 15) is 0 Å². The van der Waals surface area contributed by atoms with Crippen LogP contribution < -0.4 is 9.47 Å². The van der Waals surface area contributed by atoms with Gasteiger partial charge in [0.25, 0.3) is 0 Å². The molecule has 0 amide bonds. The van der Waals surface area contributed by atoms with Crippen LogP contribution in [0.15, 0.2) is 97.1 Å². The Morgan fingerprint density at radius 2 is 0.905 bits per heavy atom. The van der Waals surface area contributed by atoms with E-state index < -0.39 is 0 Å². The van der Waals surface area contributed by atoms with Crippen molar-refractivity contribution in [2.75, 3.05) is 13.2 Å². The monoisotopic (exact) mass is 556 g/mol. The molecule has 0 fully saturated rings. The summed E-state index contributed by atoms with van der Waals surface area (Å²) in [5.74, 6) is 1.78. The molecule has 0 aliphatic heterocycles. The number of H-pyrrole nitrogens is 2. The minimum absolute atomic E-state index is 0.741. The van der Waals surface area contributed by atoms with Crippen molar-refractivity contribution in [3.05, 3.63) is 97.1 Å². The lowest BCUT2D eigenvalue weighted by atomic mass is 10.1. The average molecular weight is 557 g/mol. The van der Waals surface area contributed by atoms with Gasteiger partial charge in [-0.2, -0.15) is 0 Å². The number of benzene rings is 3. The normalized spacial score (nSPS) is 11.2. The smallest absolute Gasteiger partial charge is 0.119 e. The number of hydrogen-bond donors (Lipinski definition) is 2. The maximum absolute atomic E-state index is 5.84. The van der Waals surface area contributed by atoms with Crippen LogP contribution in [0.5, 0.6) is 11.5 Å². The third-order valence-corrected chi connectivity index (χ3v) is 7.32. The van der Waals surface area contributed by atoms with Crippen molar-refractivity contribution in [3.8, 4) is 56.8 Å². The van der Waals surface area contributed by atoms with Crippen molar-refractivity contribution in [2.24, 2.45) is 0 Å². The molecule has 212 valence electrons. The van der Waals surface area contributed by atoms with E-state index in [2.05, 4.69) is 72.3 Å². The van der Waals surface area contributed by atoms with Gasteiger partial charge in [-0.15, -0.1) is 0 Å². The first-order valence-electron chi connectivity index (χ1n) is 14.8. The summed E-state index contributed by atoms with van der Waals surface area (Å²) in [5, 5.41) is 0. The van der Waals surface area contributed by atoms with E-state index in [0.29, 0.717) is 0 Å². The molecule has 2 N–H and O–H groups in total. The molecule has 3 aromatic carbocycles. The Labute approximate surface area is 246 Å². The molecule has 3 heterocycles. The number of aromatic amines is 2. The van der Waals surface area contributed by atoms with E-state index >= 15 is 0 Å². The zero-order chi connectivity index (χ0) is 28.7. The molecule has 0 saturated carbocycles. The van der Waals surface area contributed by atoms with Gasteiger partial charge in [-0.3, -0.25) is 0 Å². The minimum Gasteiger partial charge on any atom is -0.494 e. The SMILES string of the molecule is CCCCOc1ccc(-c2ccc(-c3nc4ccccc4nc3-c3ccc(-c4ccc(OCCCC)cc4)[nH]3)[nH]2)cc1. The van der Waals surface area contributed by atoms with Crippen LogP contribution in [0, 0.1) is 0 Å². The molecule has 0 aliphatic carbocycles. The van der Waals surface area contributed by atoms with Crippen LogP contribution in [0.1, 0.15) is 39.5 Å². The molecule has 6 nitrogen and oxygen atoms in total. The third kappa shape index (κ3) is 6.08. The van der Waals surface area contributed by atoms with E-state index in [1.165, 1.54) is 0 Å². The number of nitrogens with zero attached hydrogens (tertiary/aromatic N) is 2. The van der Waals surface area contributed by atoms with Gasteiger partial charge in [-0.25, -0.2) is 9.97 Å². The topological polar surface area (TPSA) is 75.8 Å². The summed E-state index contributed by atoms with van der Waals surface area (Å²) in [6, 6.07) is 32.8. The molecule has 0 bridgehead atoms. The highest BCUT2D eigenvalue weighted by molar-refractivity contribution is 5.86. The zero-order valence-electron chi connectivity index (χ0n) is 24.2. The van der Waals surface area contributed by atoms with Crippen LogP contribution in [0.2, 0.25) is 0 Å². The second-order valence-corrected chi connectivity index (χ2v) is 10.4. The molecule has 0 saturated heterocycles. The van der Waals surface area contributed by atoms with Crippen molar-refractivity contribution >= 4 is 11.0 Å². The molecular weight excluding hydrogens is 520 g/mol. The van der Waals surface area contributed by atoms with Gasteiger partial charge in [-0.05, 0) is 109 Å². The number of fused-ring (bicyclic) bond motifs is 1. The Bertz CT molecular complexity index is 1620. The second kappa shape index (κ2) is 12.8. The van der Waals surface area contributed by atoms with E-state index in [4.69, 9.17) is 19.4 Å². The Balaban J connectivity index is 1.30. The quantitative estimate of drug-likeness (QED) is 0.147. The molecule has 6 rings (SSSR count). The van der Waals surface area contributed by atoms with E-state index in [1.807, 2.05) is 48.5 Å². The van der Waals surface area contributed by atoms with Crippen LogP contribution >= 0.6 is 0 Å². The summed E-state index contributed by atoms with van der Waals surface area (Å²) in [5.41, 5.74) is 9.32. The summed E-state index contributed by atoms with van der Waals surface area (Å²) in [7, 11) is 0. The molecule has 0 aliphatic rings. The van der Waals surface area contributed by atoms with Crippen LogP contribution in [-0.2, 0) is 0 Å². The van der Waals surface area contributed by atoms with Crippen molar-refractivity contribution in [1.29, 1.82) is 0 Å². The fraction of sp³-hybridized carbons (Fsp3) is 0.222. The summed E-state index contributed by atoms with van der Waals surface area (Å²) < 4.78 is 11.7. The van der Waals surface area contributed by atoms with Gasteiger partial charge >= 0.3 is 0 Å². The van der Waals surface area contributed by atoms with E-state index in [-0.39, 0.29) is 0 Å². The average Bonchev–Trinajstić information content (AvgIpc) is 3.73. The van der Waals surface area contributed by atoms with Crippen molar-refractivity contribution in [2.45, 2.75) is 39.5 Å². The molecule has 6 heteroatoms. The number of aromatic nitrogens is 4. The summed E-state index contributed by atoms with van der Waals surface area (Å²) in [6.45, 7) is 5.81. The molecule has 42 heavy (non-hydrogen) atoms. The summed E-state index contributed by atoms with van der Waals surface area (Å²) >= 11 is 0. The number of hydrogen-bond acceptors (Lipinski definition) is 4. The van der Waals surface area contributed by atoms with Gasteiger partial charge in [0.2, 0.25) is 0 Å². The predicted molar refractivity (Wildman–Crippen MR) is 171 cm³/mol. The highest BCUT2D eigenvalue weighted by Crippen LogP contribution is 2.34. The van der Waals surface area contributed by atoms with Crippen molar-refractivity contribution < 1.29 is 9.47 Å². The Kier molecular flexibility index (Phi) is 8.31. The second-order valence-electron chi connectivity index (χ2n) is 10.4. The Morgan fingerprint density at radius 1 is 0.500 bits per heavy atom. The number of ether oxygens (including phenoxy) is 2. The van der Waals surface area contributed by atoms with E-state index in [0.717, 1.165) is 107 Å². The molecular formula is C36H36N4O2. The van der Waals surface area contributed by atoms with Gasteiger partial charge in [-0.1, -0.05) is 38.8 Å². The predicted octanol–water partition coefficient (Wildman–Crippen LogP) is 9.31. The molecule has 0 unspecified atom stereocenters. The molecule has 6 aromatic rings. The minimum atomic E-state index is 0.741. The fourth-order valence-corrected chi connectivity index (χ4v) is 4.91. The summed E-state index contributed by atoms with van der Waals surface area (Å²) in [6.07, 6.45) is 4.35. The maximum atomic E-state index is 5.84. The Morgan fingerprint density at radius 3 is 1.31 bits per heavy atom. The third-order valence-electron chi connectivity index (χ3n) is 7.32. The van der Waals surface area contributed by atoms with Crippen molar-refractivity contribution in [1.82, 2.24) is 19.9 Å². The first-order chi connectivity index (χ1) is 20.7.